The van der Waals surface area contributed by atoms with Crippen molar-refractivity contribution in [3.8, 4) is 5.75 Å². The summed E-state index contributed by atoms with van der Waals surface area (Å²) >= 11 is 0. The maximum atomic E-state index is 6.04. The number of nitrogens with one attached hydrogen (secondary N) is 1. The van der Waals surface area contributed by atoms with Gasteiger partial charge in [0.1, 0.15) is 5.75 Å². The Bertz CT molecular complexity index is 530. The van der Waals surface area contributed by atoms with E-state index in [1.54, 1.807) is 7.11 Å². The van der Waals surface area contributed by atoms with E-state index >= 15 is 0 Å². The van der Waals surface area contributed by atoms with Crippen LogP contribution in [-0.4, -0.2) is 44.1 Å². The van der Waals surface area contributed by atoms with E-state index in [2.05, 4.69) is 41.2 Å². The highest BCUT2D eigenvalue weighted by Gasteiger charge is 2.23. The summed E-state index contributed by atoms with van der Waals surface area (Å²) < 4.78 is 5.38. The number of aliphatic imine (C=N–C) groups is 1. The van der Waals surface area contributed by atoms with E-state index in [1.807, 2.05) is 12.1 Å². The molecule has 1 fully saturated rings. The second kappa shape index (κ2) is 11.6. The van der Waals surface area contributed by atoms with Gasteiger partial charge in [0, 0.05) is 6.54 Å². The number of likely N-dealkylation sites (tertiary alicyclic amines) is 1. The lowest BCUT2D eigenvalue weighted by Gasteiger charge is -2.27. The van der Waals surface area contributed by atoms with Crippen molar-refractivity contribution in [2.24, 2.45) is 16.6 Å². The standard InChI is InChI=1S/C19H32N4O.HI/c1-15(2)9-10-21-19(20)22-14-18(23-11-4-5-12-23)16-7-6-8-17(13-16)24-3;/h6-8,13,15,18H,4-5,9-12,14H2,1-3H3,(H3,20,21,22);1H. The Morgan fingerprint density at radius 2 is 2.04 bits per heavy atom. The molecule has 1 aromatic carbocycles. The highest BCUT2D eigenvalue weighted by molar-refractivity contribution is 14.0. The molecule has 2 rings (SSSR count). The lowest BCUT2D eigenvalue weighted by Crippen LogP contribution is -2.35. The first-order valence-corrected chi connectivity index (χ1v) is 9.02. The maximum Gasteiger partial charge on any atom is 0.188 e. The molecule has 0 aromatic heterocycles. The van der Waals surface area contributed by atoms with E-state index in [0.717, 1.165) is 31.8 Å². The molecule has 0 spiro atoms. The van der Waals surface area contributed by atoms with Gasteiger partial charge in [-0.2, -0.15) is 0 Å². The zero-order valence-corrected chi connectivity index (χ0v) is 18.0. The summed E-state index contributed by atoms with van der Waals surface area (Å²) in [5, 5.41) is 3.22. The summed E-state index contributed by atoms with van der Waals surface area (Å²) in [5.74, 6) is 2.10. The first kappa shape index (κ1) is 22.0. The van der Waals surface area contributed by atoms with Crippen LogP contribution in [0.2, 0.25) is 0 Å². The van der Waals surface area contributed by atoms with Gasteiger partial charge in [-0.05, 0) is 56.0 Å². The van der Waals surface area contributed by atoms with E-state index in [-0.39, 0.29) is 30.0 Å². The van der Waals surface area contributed by atoms with E-state index in [4.69, 9.17) is 10.5 Å². The first-order valence-electron chi connectivity index (χ1n) is 9.02. The molecule has 1 heterocycles. The fraction of sp³-hybridized carbons (Fsp3) is 0.632. The predicted octanol–water partition coefficient (Wildman–Crippen LogP) is 3.40. The number of ether oxygens (including phenoxy) is 1. The predicted molar refractivity (Wildman–Crippen MR) is 116 cm³/mol. The van der Waals surface area contributed by atoms with Gasteiger partial charge in [-0.25, -0.2) is 0 Å². The first-order chi connectivity index (χ1) is 11.6. The van der Waals surface area contributed by atoms with Gasteiger partial charge in [0.2, 0.25) is 0 Å². The molecule has 3 N–H and O–H groups in total. The van der Waals surface area contributed by atoms with Gasteiger partial charge in [-0.1, -0.05) is 26.0 Å². The molecule has 1 atom stereocenters. The largest absolute Gasteiger partial charge is 0.497 e. The summed E-state index contributed by atoms with van der Waals surface area (Å²) in [6.07, 6.45) is 3.61. The van der Waals surface area contributed by atoms with Gasteiger partial charge in [0.15, 0.2) is 5.96 Å². The second-order valence-corrected chi connectivity index (χ2v) is 6.87. The number of hydrogen-bond acceptors (Lipinski definition) is 3. The number of methoxy groups -OCH3 is 1. The average molecular weight is 460 g/mol. The van der Waals surface area contributed by atoms with Gasteiger partial charge >= 0.3 is 0 Å². The normalized spacial score (nSPS) is 16.6. The lowest BCUT2D eigenvalue weighted by atomic mass is 10.1. The molecular formula is C19H33IN4O. The molecule has 0 amide bonds. The van der Waals surface area contributed by atoms with Crippen molar-refractivity contribution in [1.82, 2.24) is 10.2 Å². The fourth-order valence-electron chi connectivity index (χ4n) is 3.06. The zero-order valence-electron chi connectivity index (χ0n) is 15.7. The molecule has 1 aliphatic rings. The number of hydrogen-bond donors (Lipinski definition) is 2. The number of guanidine groups is 1. The van der Waals surface area contributed by atoms with Crippen molar-refractivity contribution in [2.45, 2.75) is 39.2 Å². The molecule has 142 valence electrons. The Labute approximate surface area is 169 Å². The average Bonchev–Trinajstić information content (AvgIpc) is 3.09. The van der Waals surface area contributed by atoms with Crippen LogP contribution in [0.1, 0.15) is 44.7 Å². The Morgan fingerprint density at radius 3 is 2.68 bits per heavy atom. The van der Waals surface area contributed by atoms with Gasteiger partial charge in [0.25, 0.3) is 0 Å². The molecule has 5 nitrogen and oxygen atoms in total. The van der Waals surface area contributed by atoms with Crippen molar-refractivity contribution in [3.63, 3.8) is 0 Å². The van der Waals surface area contributed by atoms with Crippen molar-refractivity contribution in [3.05, 3.63) is 29.8 Å². The highest BCUT2D eigenvalue weighted by Crippen LogP contribution is 2.27. The minimum absolute atomic E-state index is 0. The zero-order chi connectivity index (χ0) is 17.4. The summed E-state index contributed by atoms with van der Waals surface area (Å²) in [7, 11) is 1.71. The van der Waals surface area contributed by atoms with E-state index < -0.39 is 0 Å². The third-order valence-corrected chi connectivity index (χ3v) is 4.52. The quantitative estimate of drug-likeness (QED) is 0.355. The third-order valence-electron chi connectivity index (χ3n) is 4.52. The Kier molecular flexibility index (Phi) is 10.2. The van der Waals surface area contributed by atoms with Crippen LogP contribution in [0.5, 0.6) is 5.75 Å². The topological polar surface area (TPSA) is 62.9 Å². The third kappa shape index (κ3) is 7.40. The molecular weight excluding hydrogens is 427 g/mol. The highest BCUT2D eigenvalue weighted by atomic mass is 127. The van der Waals surface area contributed by atoms with Crippen LogP contribution in [-0.2, 0) is 0 Å². The van der Waals surface area contributed by atoms with Crippen LogP contribution in [0, 0.1) is 5.92 Å². The molecule has 6 heteroatoms. The molecule has 0 saturated carbocycles. The number of benzene rings is 1. The Balaban J connectivity index is 0.00000312. The molecule has 0 radical (unpaired) electrons. The minimum atomic E-state index is 0. The summed E-state index contributed by atoms with van der Waals surface area (Å²) in [4.78, 5) is 7.10. The molecule has 1 saturated heterocycles. The second-order valence-electron chi connectivity index (χ2n) is 6.87. The summed E-state index contributed by atoms with van der Waals surface area (Å²) in [6.45, 7) is 8.22. The van der Waals surface area contributed by atoms with Gasteiger partial charge in [-0.3, -0.25) is 9.89 Å². The van der Waals surface area contributed by atoms with Gasteiger partial charge in [-0.15, -0.1) is 24.0 Å². The summed E-state index contributed by atoms with van der Waals surface area (Å²) in [6, 6.07) is 8.55. The molecule has 0 bridgehead atoms. The number of halogens is 1. The van der Waals surface area contributed by atoms with Crippen molar-refractivity contribution < 1.29 is 4.74 Å². The van der Waals surface area contributed by atoms with Crippen molar-refractivity contribution >= 4 is 29.9 Å². The molecule has 1 unspecified atom stereocenters. The molecule has 0 aliphatic carbocycles. The van der Waals surface area contributed by atoms with Crippen molar-refractivity contribution in [2.75, 3.05) is 33.3 Å². The number of nitrogens with two attached hydrogens (primary N) is 1. The van der Waals surface area contributed by atoms with Crippen LogP contribution in [0.4, 0.5) is 0 Å². The van der Waals surface area contributed by atoms with E-state index in [0.29, 0.717) is 18.4 Å². The van der Waals surface area contributed by atoms with Crippen LogP contribution in [0.25, 0.3) is 0 Å². The van der Waals surface area contributed by atoms with Crippen LogP contribution < -0.4 is 15.8 Å². The fourth-order valence-corrected chi connectivity index (χ4v) is 3.06. The summed E-state index contributed by atoms with van der Waals surface area (Å²) in [5.41, 5.74) is 7.28. The van der Waals surface area contributed by atoms with Crippen LogP contribution in [0.3, 0.4) is 0 Å². The Morgan fingerprint density at radius 1 is 1.32 bits per heavy atom. The lowest BCUT2D eigenvalue weighted by molar-refractivity contribution is 0.251. The molecule has 1 aliphatic heterocycles. The Hall–Kier alpha value is -1.02. The smallest absolute Gasteiger partial charge is 0.188 e. The minimum Gasteiger partial charge on any atom is -0.497 e. The van der Waals surface area contributed by atoms with E-state index in [1.165, 1.54) is 18.4 Å². The van der Waals surface area contributed by atoms with E-state index in [9.17, 15) is 0 Å². The van der Waals surface area contributed by atoms with Gasteiger partial charge < -0.3 is 15.8 Å². The number of rotatable bonds is 8. The molecule has 25 heavy (non-hydrogen) atoms. The number of nitrogens with zero attached hydrogens (tertiary/aromatic N) is 2. The SMILES string of the molecule is COc1cccc(C(CN=C(N)NCCC(C)C)N2CCCC2)c1.I. The molecule has 1 aromatic rings. The monoisotopic (exact) mass is 460 g/mol. The van der Waals surface area contributed by atoms with Crippen LogP contribution >= 0.6 is 24.0 Å². The maximum absolute atomic E-state index is 6.04. The van der Waals surface area contributed by atoms with Crippen LogP contribution in [0.15, 0.2) is 29.3 Å². The van der Waals surface area contributed by atoms with Gasteiger partial charge in [0.05, 0.1) is 19.7 Å². The van der Waals surface area contributed by atoms with Crippen molar-refractivity contribution in [1.29, 1.82) is 0 Å².